The monoisotopic (exact) mass is 221 g/mol. The second-order valence-electron chi connectivity index (χ2n) is 5.27. The summed E-state index contributed by atoms with van der Waals surface area (Å²) in [6.45, 7) is 8.44. The fourth-order valence-corrected chi connectivity index (χ4v) is 2.18. The first-order chi connectivity index (χ1) is 7.53. The van der Waals surface area contributed by atoms with Crippen molar-refractivity contribution in [2.24, 2.45) is 11.3 Å². The van der Waals surface area contributed by atoms with Gasteiger partial charge in [-0.2, -0.15) is 5.10 Å². The molecule has 0 saturated carbocycles. The van der Waals surface area contributed by atoms with Crippen LogP contribution in [0.2, 0.25) is 0 Å². The molecule has 4 nitrogen and oxygen atoms in total. The van der Waals surface area contributed by atoms with Crippen molar-refractivity contribution >= 4 is 5.91 Å². The highest BCUT2D eigenvalue weighted by Gasteiger charge is 2.38. The number of hydrogen-bond acceptors (Lipinski definition) is 2. The zero-order valence-corrected chi connectivity index (χ0v) is 10.2. The number of aromatic nitrogens is 2. The van der Waals surface area contributed by atoms with E-state index in [1.54, 1.807) is 12.4 Å². The number of carbonyl (C=O) groups is 1. The smallest absolute Gasteiger partial charge is 0.257 e. The van der Waals surface area contributed by atoms with Gasteiger partial charge in [0.05, 0.1) is 11.8 Å². The Kier molecular flexibility index (Phi) is 2.74. The minimum atomic E-state index is 0.0955. The van der Waals surface area contributed by atoms with Crippen LogP contribution in [-0.4, -0.2) is 34.1 Å². The Balaban J connectivity index is 2.07. The number of aromatic amines is 1. The van der Waals surface area contributed by atoms with Gasteiger partial charge < -0.3 is 4.90 Å². The molecule has 2 rings (SSSR count). The lowest BCUT2D eigenvalue weighted by Gasteiger charge is -2.28. The molecule has 1 atom stereocenters. The number of carbonyl (C=O) groups excluding carboxylic acids is 1. The molecule has 1 aromatic rings. The third-order valence-electron chi connectivity index (χ3n) is 3.93. The van der Waals surface area contributed by atoms with Gasteiger partial charge in [0.25, 0.3) is 5.91 Å². The highest BCUT2D eigenvalue weighted by molar-refractivity contribution is 5.93. The summed E-state index contributed by atoms with van der Waals surface area (Å²) in [5, 5.41) is 6.49. The van der Waals surface area contributed by atoms with E-state index in [1.807, 2.05) is 4.90 Å². The molecule has 0 aliphatic carbocycles. The van der Waals surface area contributed by atoms with Gasteiger partial charge in [0, 0.05) is 19.3 Å². The van der Waals surface area contributed by atoms with Gasteiger partial charge >= 0.3 is 0 Å². The third kappa shape index (κ3) is 1.84. The van der Waals surface area contributed by atoms with Crippen molar-refractivity contribution in [1.82, 2.24) is 15.1 Å². The van der Waals surface area contributed by atoms with Crippen molar-refractivity contribution in [1.29, 1.82) is 0 Å². The molecule has 0 spiro atoms. The fraction of sp³-hybridized carbons (Fsp3) is 0.667. The lowest BCUT2D eigenvalue weighted by molar-refractivity contribution is 0.0764. The van der Waals surface area contributed by atoms with E-state index in [4.69, 9.17) is 0 Å². The molecule has 1 N–H and O–H groups in total. The molecule has 1 amide bonds. The van der Waals surface area contributed by atoms with E-state index in [1.165, 1.54) is 0 Å². The minimum absolute atomic E-state index is 0.0955. The van der Waals surface area contributed by atoms with Gasteiger partial charge in [-0.3, -0.25) is 9.89 Å². The Bertz CT molecular complexity index is 372. The second kappa shape index (κ2) is 3.92. The van der Waals surface area contributed by atoms with Gasteiger partial charge in [-0.05, 0) is 17.8 Å². The van der Waals surface area contributed by atoms with Gasteiger partial charge in [0.15, 0.2) is 0 Å². The second-order valence-corrected chi connectivity index (χ2v) is 5.27. The Labute approximate surface area is 96.0 Å². The quantitative estimate of drug-likeness (QED) is 0.829. The van der Waals surface area contributed by atoms with E-state index in [0.29, 0.717) is 11.5 Å². The van der Waals surface area contributed by atoms with Crippen molar-refractivity contribution < 1.29 is 4.79 Å². The Morgan fingerprint density at radius 3 is 2.88 bits per heavy atom. The summed E-state index contributed by atoms with van der Waals surface area (Å²) in [6.07, 6.45) is 4.34. The molecule has 0 radical (unpaired) electrons. The van der Waals surface area contributed by atoms with E-state index in [0.717, 1.165) is 19.5 Å². The maximum atomic E-state index is 12.1. The number of hydrogen-bond donors (Lipinski definition) is 1. The predicted octanol–water partition coefficient (Wildman–Crippen LogP) is 1.92. The standard InChI is InChI=1S/C12H19N3O/c1-9(2)12(3)4-5-15(8-12)11(16)10-6-13-14-7-10/h6-7,9H,4-5,8H2,1-3H3,(H,13,14)/t12-/m0/s1. The van der Waals surface area contributed by atoms with Crippen LogP contribution >= 0.6 is 0 Å². The highest BCUT2D eigenvalue weighted by atomic mass is 16.2. The lowest BCUT2D eigenvalue weighted by atomic mass is 9.78. The Hall–Kier alpha value is -1.32. The van der Waals surface area contributed by atoms with Crippen molar-refractivity contribution in [3.05, 3.63) is 18.0 Å². The number of rotatable bonds is 2. The van der Waals surface area contributed by atoms with Crippen LogP contribution in [-0.2, 0) is 0 Å². The predicted molar refractivity (Wildman–Crippen MR) is 62.1 cm³/mol. The van der Waals surface area contributed by atoms with Gasteiger partial charge in [0.2, 0.25) is 0 Å². The summed E-state index contributed by atoms with van der Waals surface area (Å²) in [6, 6.07) is 0. The maximum absolute atomic E-state index is 12.1. The Morgan fingerprint density at radius 1 is 1.62 bits per heavy atom. The SMILES string of the molecule is CC(C)[C@@]1(C)CCN(C(=O)c2cn[nH]c2)C1. The van der Waals surface area contributed by atoms with Crippen molar-refractivity contribution in [2.75, 3.05) is 13.1 Å². The molecule has 0 aromatic carbocycles. The first-order valence-corrected chi connectivity index (χ1v) is 5.81. The summed E-state index contributed by atoms with van der Waals surface area (Å²) in [5.74, 6) is 0.702. The summed E-state index contributed by atoms with van der Waals surface area (Å²) < 4.78 is 0. The van der Waals surface area contributed by atoms with Crippen LogP contribution in [0, 0.1) is 11.3 Å². The average Bonchev–Trinajstić information content (AvgIpc) is 2.85. The molecule has 4 heteroatoms. The zero-order chi connectivity index (χ0) is 11.8. The lowest BCUT2D eigenvalue weighted by Crippen LogP contribution is -2.33. The molecule has 1 saturated heterocycles. The summed E-state index contributed by atoms with van der Waals surface area (Å²) >= 11 is 0. The van der Waals surface area contributed by atoms with E-state index in [9.17, 15) is 4.79 Å². The van der Waals surface area contributed by atoms with Gasteiger partial charge in [-0.15, -0.1) is 0 Å². The average molecular weight is 221 g/mol. The molecule has 1 fully saturated rings. The molecule has 0 unspecified atom stereocenters. The number of H-pyrrole nitrogens is 1. The van der Waals surface area contributed by atoms with Crippen LogP contribution in [0.5, 0.6) is 0 Å². The molecule has 88 valence electrons. The molecular weight excluding hydrogens is 202 g/mol. The van der Waals surface area contributed by atoms with Gasteiger partial charge in [0.1, 0.15) is 0 Å². The van der Waals surface area contributed by atoms with E-state index >= 15 is 0 Å². The molecule has 0 bridgehead atoms. The van der Waals surface area contributed by atoms with Crippen molar-refractivity contribution in [2.45, 2.75) is 27.2 Å². The van der Waals surface area contributed by atoms with Crippen LogP contribution in [0.15, 0.2) is 12.4 Å². The topological polar surface area (TPSA) is 49.0 Å². The molecule has 16 heavy (non-hydrogen) atoms. The molecule has 1 aliphatic rings. The highest BCUT2D eigenvalue weighted by Crippen LogP contribution is 2.37. The van der Waals surface area contributed by atoms with Crippen molar-refractivity contribution in [3.63, 3.8) is 0 Å². The maximum Gasteiger partial charge on any atom is 0.257 e. The molecule has 2 heterocycles. The fourth-order valence-electron chi connectivity index (χ4n) is 2.18. The zero-order valence-electron chi connectivity index (χ0n) is 10.2. The van der Waals surface area contributed by atoms with E-state index < -0.39 is 0 Å². The molecule has 1 aliphatic heterocycles. The van der Waals surface area contributed by atoms with Gasteiger partial charge in [-0.25, -0.2) is 0 Å². The third-order valence-corrected chi connectivity index (χ3v) is 3.93. The van der Waals surface area contributed by atoms with Crippen LogP contribution < -0.4 is 0 Å². The number of nitrogens with zero attached hydrogens (tertiary/aromatic N) is 2. The minimum Gasteiger partial charge on any atom is -0.338 e. The van der Waals surface area contributed by atoms with Gasteiger partial charge in [-0.1, -0.05) is 20.8 Å². The number of nitrogens with one attached hydrogen (secondary N) is 1. The van der Waals surface area contributed by atoms with Crippen LogP contribution in [0.25, 0.3) is 0 Å². The first kappa shape index (κ1) is 11.2. The van der Waals surface area contributed by atoms with Crippen LogP contribution in [0.4, 0.5) is 0 Å². The number of likely N-dealkylation sites (tertiary alicyclic amines) is 1. The van der Waals surface area contributed by atoms with Crippen LogP contribution in [0.3, 0.4) is 0 Å². The van der Waals surface area contributed by atoms with Crippen LogP contribution in [0.1, 0.15) is 37.6 Å². The first-order valence-electron chi connectivity index (χ1n) is 5.81. The number of amides is 1. The van der Waals surface area contributed by atoms with E-state index in [2.05, 4.69) is 31.0 Å². The Morgan fingerprint density at radius 2 is 2.38 bits per heavy atom. The summed E-state index contributed by atoms with van der Waals surface area (Å²) in [5.41, 5.74) is 0.923. The molecule has 1 aromatic heterocycles. The molecular formula is C12H19N3O. The largest absolute Gasteiger partial charge is 0.338 e. The normalized spacial score (nSPS) is 25.4. The summed E-state index contributed by atoms with van der Waals surface area (Å²) in [4.78, 5) is 14.0. The van der Waals surface area contributed by atoms with E-state index in [-0.39, 0.29) is 11.3 Å². The summed E-state index contributed by atoms with van der Waals surface area (Å²) in [7, 11) is 0. The van der Waals surface area contributed by atoms with Crippen molar-refractivity contribution in [3.8, 4) is 0 Å².